The average Bonchev–Trinajstić information content (AvgIpc) is 3.38. The van der Waals surface area contributed by atoms with Gasteiger partial charge in [0.2, 0.25) is 17.8 Å². The van der Waals surface area contributed by atoms with Gasteiger partial charge in [0, 0.05) is 43.3 Å². The molecule has 0 unspecified atom stereocenters. The Morgan fingerprint density at radius 1 is 0.805 bits per heavy atom. The smallest absolute Gasteiger partial charge is 0.382 e. The zero-order valence-corrected chi connectivity index (χ0v) is 22.0. The van der Waals surface area contributed by atoms with Crippen molar-refractivity contribution in [1.29, 1.82) is 0 Å². The van der Waals surface area contributed by atoms with Gasteiger partial charge in [0.15, 0.2) is 0 Å². The van der Waals surface area contributed by atoms with Gasteiger partial charge >= 0.3 is 6.18 Å². The molecule has 2 aromatic heterocycles. The molecule has 216 valence electrons. The van der Waals surface area contributed by atoms with E-state index in [0.717, 1.165) is 12.1 Å². The lowest BCUT2D eigenvalue weighted by Gasteiger charge is -2.34. The SMILES string of the molecule is FC(F)c1cc2ccccc2n1-c1nc(N2CCOCC2)nc(N2CCC(Nc3ccc(C(F)(F)F)cc3)CC2)n1. The van der Waals surface area contributed by atoms with Crippen LogP contribution in [0, 0.1) is 0 Å². The Hall–Kier alpha value is -4.00. The molecule has 4 aromatic rings. The van der Waals surface area contributed by atoms with Gasteiger partial charge in [0.1, 0.15) is 0 Å². The average molecular weight is 574 g/mol. The van der Waals surface area contributed by atoms with E-state index in [1.807, 2.05) is 9.80 Å². The lowest BCUT2D eigenvalue weighted by Crippen LogP contribution is -2.41. The minimum absolute atomic E-state index is 0.0434. The van der Waals surface area contributed by atoms with Crippen LogP contribution in [0.4, 0.5) is 39.5 Å². The fourth-order valence-electron chi connectivity index (χ4n) is 5.26. The van der Waals surface area contributed by atoms with Crippen molar-refractivity contribution in [3.05, 3.63) is 65.9 Å². The number of aromatic nitrogens is 4. The maximum atomic E-state index is 14.2. The topological polar surface area (TPSA) is 71.3 Å². The van der Waals surface area contributed by atoms with Gasteiger partial charge in [0.05, 0.1) is 30.0 Å². The van der Waals surface area contributed by atoms with Gasteiger partial charge in [-0.15, -0.1) is 0 Å². The van der Waals surface area contributed by atoms with Crippen molar-refractivity contribution in [2.75, 3.05) is 54.5 Å². The van der Waals surface area contributed by atoms with Crippen LogP contribution in [0.15, 0.2) is 54.6 Å². The first-order valence-corrected chi connectivity index (χ1v) is 13.4. The molecule has 0 spiro atoms. The van der Waals surface area contributed by atoms with Crippen LogP contribution >= 0.6 is 0 Å². The molecular weight excluding hydrogens is 545 g/mol. The van der Waals surface area contributed by atoms with Crippen molar-refractivity contribution < 1.29 is 26.7 Å². The molecule has 0 bridgehead atoms. The minimum Gasteiger partial charge on any atom is -0.382 e. The third-order valence-corrected chi connectivity index (χ3v) is 7.42. The molecule has 6 rings (SSSR count). The lowest BCUT2D eigenvalue weighted by molar-refractivity contribution is -0.137. The molecule has 0 radical (unpaired) electrons. The van der Waals surface area contributed by atoms with Crippen LogP contribution in [0.1, 0.15) is 30.5 Å². The normalized spacial score (nSPS) is 17.0. The van der Waals surface area contributed by atoms with Crippen molar-refractivity contribution in [3.8, 4) is 5.95 Å². The van der Waals surface area contributed by atoms with Crippen LogP contribution in [0.3, 0.4) is 0 Å². The number of hydrogen-bond acceptors (Lipinski definition) is 7. The van der Waals surface area contributed by atoms with Gasteiger partial charge in [-0.25, -0.2) is 8.78 Å². The highest BCUT2D eigenvalue weighted by Crippen LogP contribution is 2.32. The number of ether oxygens (including phenoxy) is 1. The molecule has 41 heavy (non-hydrogen) atoms. The second kappa shape index (κ2) is 11.1. The van der Waals surface area contributed by atoms with Gasteiger partial charge in [-0.05, 0) is 49.2 Å². The largest absolute Gasteiger partial charge is 0.416 e. The Kier molecular flexibility index (Phi) is 7.37. The summed E-state index contributed by atoms with van der Waals surface area (Å²) in [7, 11) is 0. The van der Waals surface area contributed by atoms with Crippen LogP contribution < -0.4 is 15.1 Å². The predicted octanol–water partition coefficient (Wildman–Crippen LogP) is 5.69. The number of benzene rings is 2. The summed E-state index contributed by atoms with van der Waals surface area (Å²) in [5, 5.41) is 3.97. The summed E-state index contributed by atoms with van der Waals surface area (Å²) in [6.45, 7) is 3.28. The van der Waals surface area contributed by atoms with Crippen LogP contribution in [-0.4, -0.2) is 65.0 Å². The number of fused-ring (bicyclic) bond motifs is 1. The number of morpholine rings is 1. The number of nitrogens with zero attached hydrogens (tertiary/aromatic N) is 6. The van der Waals surface area contributed by atoms with E-state index < -0.39 is 18.2 Å². The van der Waals surface area contributed by atoms with Gasteiger partial charge < -0.3 is 19.9 Å². The summed E-state index contributed by atoms with van der Waals surface area (Å²) < 4.78 is 73.9. The standard InChI is InChI=1S/C28H28F5N7O/c29-24(30)23-17-18-3-1-2-4-22(18)40(23)27-36-25(35-26(37-27)39-13-15-41-16-14-39)38-11-9-21(10-12-38)34-20-7-5-19(6-8-20)28(31,32)33/h1-8,17,21,24,34H,9-16H2. The Morgan fingerprint density at radius 3 is 2.05 bits per heavy atom. The molecule has 8 nitrogen and oxygen atoms in total. The molecule has 2 saturated heterocycles. The van der Waals surface area contributed by atoms with Crippen LogP contribution in [0.5, 0.6) is 0 Å². The molecule has 0 aliphatic carbocycles. The molecule has 4 heterocycles. The van der Waals surface area contributed by atoms with Crippen molar-refractivity contribution in [1.82, 2.24) is 19.5 Å². The highest BCUT2D eigenvalue weighted by atomic mass is 19.4. The second-order valence-electron chi connectivity index (χ2n) is 10.1. The summed E-state index contributed by atoms with van der Waals surface area (Å²) in [4.78, 5) is 18.0. The number of anilines is 3. The fourth-order valence-corrected chi connectivity index (χ4v) is 5.26. The van der Waals surface area contributed by atoms with E-state index in [1.165, 1.54) is 22.8 Å². The molecule has 0 atom stereocenters. The summed E-state index contributed by atoms with van der Waals surface area (Å²) in [6.07, 6.45) is -5.74. The van der Waals surface area contributed by atoms with Gasteiger partial charge in [0.25, 0.3) is 6.43 Å². The number of piperidine rings is 1. The van der Waals surface area contributed by atoms with E-state index in [2.05, 4.69) is 15.3 Å². The summed E-state index contributed by atoms with van der Waals surface area (Å²) in [5.74, 6) is 0.914. The quantitative estimate of drug-likeness (QED) is 0.297. The molecule has 2 fully saturated rings. The van der Waals surface area contributed by atoms with Gasteiger partial charge in [-0.1, -0.05) is 18.2 Å². The molecule has 1 N–H and O–H groups in total. The second-order valence-corrected chi connectivity index (χ2v) is 10.1. The van der Waals surface area contributed by atoms with E-state index in [4.69, 9.17) is 9.72 Å². The first-order chi connectivity index (χ1) is 19.8. The van der Waals surface area contributed by atoms with E-state index in [0.29, 0.717) is 80.7 Å². The molecule has 2 aromatic carbocycles. The van der Waals surface area contributed by atoms with Crippen LogP contribution in [0.25, 0.3) is 16.9 Å². The Bertz CT molecular complexity index is 1490. The number of halogens is 5. The molecule has 0 saturated carbocycles. The van der Waals surface area contributed by atoms with Crippen molar-refractivity contribution >= 4 is 28.5 Å². The monoisotopic (exact) mass is 573 g/mol. The number of hydrogen-bond donors (Lipinski definition) is 1. The zero-order chi connectivity index (χ0) is 28.6. The molecular formula is C28H28F5N7O. The Morgan fingerprint density at radius 2 is 1.41 bits per heavy atom. The summed E-state index contributed by atoms with van der Waals surface area (Å²) >= 11 is 0. The van der Waals surface area contributed by atoms with Crippen molar-refractivity contribution in [2.24, 2.45) is 0 Å². The van der Waals surface area contributed by atoms with Crippen molar-refractivity contribution in [3.63, 3.8) is 0 Å². The van der Waals surface area contributed by atoms with Gasteiger partial charge in [-0.3, -0.25) is 4.57 Å². The van der Waals surface area contributed by atoms with Gasteiger partial charge in [-0.2, -0.15) is 28.1 Å². The predicted molar refractivity (Wildman–Crippen MR) is 145 cm³/mol. The third kappa shape index (κ3) is 5.76. The summed E-state index contributed by atoms with van der Waals surface area (Å²) in [6, 6.07) is 13.6. The summed E-state index contributed by atoms with van der Waals surface area (Å²) in [5.41, 5.74) is 0.306. The minimum atomic E-state index is -4.38. The maximum Gasteiger partial charge on any atom is 0.416 e. The third-order valence-electron chi connectivity index (χ3n) is 7.42. The Labute approximate surface area is 232 Å². The van der Waals surface area contributed by atoms with E-state index in [1.54, 1.807) is 24.3 Å². The molecule has 0 amide bonds. The molecule has 2 aliphatic heterocycles. The molecule has 13 heteroatoms. The number of rotatable bonds is 6. The first-order valence-electron chi connectivity index (χ1n) is 13.4. The van der Waals surface area contributed by atoms with E-state index in [9.17, 15) is 22.0 Å². The highest BCUT2D eigenvalue weighted by Gasteiger charge is 2.30. The maximum absolute atomic E-state index is 14.2. The van der Waals surface area contributed by atoms with Crippen LogP contribution in [0.2, 0.25) is 0 Å². The van der Waals surface area contributed by atoms with E-state index in [-0.39, 0.29) is 17.7 Å². The number of nitrogens with one attached hydrogen (secondary N) is 1. The number of para-hydroxylation sites is 1. The number of alkyl halides is 5. The first kappa shape index (κ1) is 27.2. The highest BCUT2D eigenvalue weighted by molar-refractivity contribution is 5.83. The van der Waals surface area contributed by atoms with Crippen molar-refractivity contribution in [2.45, 2.75) is 31.5 Å². The lowest BCUT2D eigenvalue weighted by atomic mass is 10.0. The Balaban J connectivity index is 1.27. The van der Waals surface area contributed by atoms with E-state index >= 15 is 0 Å². The molecule has 2 aliphatic rings. The van der Waals surface area contributed by atoms with Crippen LogP contribution in [-0.2, 0) is 10.9 Å². The zero-order valence-electron chi connectivity index (χ0n) is 22.0. The fraction of sp³-hybridized carbons (Fsp3) is 0.393.